The molecule has 0 aliphatic carbocycles. The molecule has 0 bridgehead atoms. The molecule has 0 saturated heterocycles. The van der Waals surface area contributed by atoms with Gasteiger partial charge in [-0.3, -0.25) is 10.1 Å². The molecule has 0 radical (unpaired) electrons. The van der Waals surface area contributed by atoms with Crippen LogP contribution in [0.1, 0.15) is 39.2 Å². The molecule has 2 rings (SSSR count). The van der Waals surface area contributed by atoms with Crippen LogP contribution in [0.4, 0.5) is 5.69 Å². The molecule has 1 aliphatic heterocycles. The van der Waals surface area contributed by atoms with Gasteiger partial charge in [0.05, 0.1) is 28.1 Å². The quantitative estimate of drug-likeness (QED) is 0.485. The van der Waals surface area contributed by atoms with E-state index < -0.39 is 22.8 Å². The Balaban J connectivity index is 2.73. The molecule has 0 spiro atoms. The van der Waals surface area contributed by atoms with Crippen LogP contribution in [0.3, 0.4) is 0 Å². The Kier molecular flexibility index (Phi) is 6.99. The van der Waals surface area contributed by atoms with E-state index in [0.29, 0.717) is 11.4 Å². The summed E-state index contributed by atoms with van der Waals surface area (Å²) in [6.07, 6.45) is -0.255. The topological polar surface area (TPSA) is 130 Å². The SMILES string of the molecule is COC(CN1C(C)=C(C(=O)O)C(c2cccc([N+](=O)[O-])c2)C(C(=O)O)=C1C)C(C)C. The van der Waals surface area contributed by atoms with Gasteiger partial charge in [0.2, 0.25) is 0 Å². The number of rotatable bonds is 8. The molecule has 0 aromatic heterocycles. The summed E-state index contributed by atoms with van der Waals surface area (Å²) in [5.74, 6) is -3.58. The third kappa shape index (κ3) is 4.35. The fourth-order valence-electron chi connectivity index (χ4n) is 3.82. The van der Waals surface area contributed by atoms with E-state index in [0.717, 1.165) is 0 Å². The number of benzene rings is 1. The highest BCUT2D eigenvalue weighted by Crippen LogP contribution is 2.43. The van der Waals surface area contributed by atoms with Gasteiger partial charge < -0.3 is 19.8 Å². The van der Waals surface area contributed by atoms with Gasteiger partial charge in [-0.15, -0.1) is 0 Å². The van der Waals surface area contributed by atoms with Crippen molar-refractivity contribution >= 4 is 17.6 Å². The van der Waals surface area contributed by atoms with Crippen molar-refractivity contribution < 1.29 is 29.5 Å². The zero-order chi connectivity index (χ0) is 22.7. The van der Waals surface area contributed by atoms with Crippen molar-refractivity contribution in [2.24, 2.45) is 5.92 Å². The molecule has 2 N–H and O–H groups in total. The minimum Gasteiger partial charge on any atom is -0.478 e. The number of methoxy groups -OCH3 is 1. The number of allylic oxidation sites excluding steroid dienone is 2. The second kappa shape index (κ2) is 9.08. The van der Waals surface area contributed by atoms with Crippen LogP contribution < -0.4 is 0 Å². The highest BCUT2D eigenvalue weighted by Gasteiger charge is 2.40. The Hall–Kier alpha value is -3.20. The number of carbonyl (C=O) groups is 2. The molecular formula is C21H26N2O7. The van der Waals surface area contributed by atoms with E-state index in [1.807, 2.05) is 13.8 Å². The Labute approximate surface area is 174 Å². The van der Waals surface area contributed by atoms with Gasteiger partial charge in [0.1, 0.15) is 0 Å². The van der Waals surface area contributed by atoms with Crippen LogP contribution in [-0.4, -0.2) is 51.7 Å². The number of non-ortho nitro benzene ring substituents is 1. The number of hydrogen-bond acceptors (Lipinski definition) is 6. The average molecular weight is 418 g/mol. The van der Waals surface area contributed by atoms with E-state index >= 15 is 0 Å². The first kappa shape index (κ1) is 23.1. The molecule has 1 unspecified atom stereocenters. The molecular weight excluding hydrogens is 392 g/mol. The van der Waals surface area contributed by atoms with Crippen LogP contribution >= 0.6 is 0 Å². The van der Waals surface area contributed by atoms with Gasteiger partial charge in [-0.25, -0.2) is 9.59 Å². The van der Waals surface area contributed by atoms with Crippen molar-refractivity contribution in [3.8, 4) is 0 Å². The van der Waals surface area contributed by atoms with Crippen molar-refractivity contribution in [1.82, 2.24) is 4.90 Å². The largest absolute Gasteiger partial charge is 0.478 e. The van der Waals surface area contributed by atoms with Crippen LogP contribution in [0, 0.1) is 16.0 Å². The first-order valence-electron chi connectivity index (χ1n) is 9.44. The van der Waals surface area contributed by atoms with Crippen LogP contribution in [0.15, 0.2) is 46.8 Å². The summed E-state index contributed by atoms with van der Waals surface area (Å²) in [6.45, 7) is 7.42. The smallest absolute Gasteiger partial charge is 0.334 e. The number of aliphatic carboxylic acids is 2. The van der Waals surface area contributed by atoms with Crippen molar-refractivity contribution in [2.75, 3.05) is 13.7 Å². The zero-order valence-corrected chi connectivity index (χ0v) is 17.6. The van der Waals surface area contributed by atoms with Gasteiger partial charge in [-0.1, -0.05) is 26.0 Å². The standard InChI is InChI=1S/C21H26N2O7/c1-11(2)16(30-5)10-22-12(3)17(20(24)25)19(18(13(22)4)21(26)27)14-7-6-8-15(9-14)23(28)29/h6-9,11,16,19H,10H2,1-5H3,(H,24,25)(H,26,27). The first-order chi connectivity index (χ1) is 14.0. The van der Waals surface area contributed by atoms with Gasteiger partial charge in [0.25, 0.3) is 5.69 Å². The molecule has 0 saturated carbocycles. The molecule has 30 heavy (non-hydrogen) atoms. The number of ether oxygens (including phenoxy) is 1. The van der Waals surface area contributed by atoms with E-state index in [4.69, 9.17) is 4.74 Å². The number of carboxylic acids is 2. The normalized spacial score (nSPS) is 16.3. The van der Waals surface area contributed by atoms with Gasteiger partial charge in [-0.2, -0.15) is 0 Å². The molecule has 1 aliphatic rings. The highest BCUT2D eigenvalue weighted by molar-refractivity contribution is 5.98. The molecule has 1 aromatic rings. The van der Waals surface area contributed by atoms with Crippen molar-refractivity contribution in [2.45, 2.75) is 39.7 Å². The summed E-state index contributed by atoms with van der Waals surface area (Å²) in [5, 5.41) is 31.1. The maximum atomic E-state index is 12.2. The third-order valence-corrected chi connectivity index (χ3v) is 5.45. The van der Waals surface area contributed by atoms with Crippen LogP contribution in [0.25, 0.3) is 0 Å². The van der Waals surface area contributed by atoms with E-state index in [1.165, 1.54) is 24.3 Å². The molecule has 1 atom stereocenters. The third-order valence-electron chi connectivity index (χ3n) is 5.45. The monoisotopic (exact) mass is 418 g/mol. The fourth-order valence-corrected chi connectivity index (χ4v) is 3.82. The molecule has 0 fully saturated rings. The van der Waals surface area contributed by atoms with Crippen molar-refractivity contribution in [3.05, 3.63) is 62.5 Å². The second-order valence-electron chi connectivity index (χ2n) is 7.52. The van der Waals surface area contributed by atoms with Gasteiger partial charge in [-0.05, 0) is 25.3 Å². The maximum absolute atomic E-state index is 12.2. The summed E-state index contributed by atoms with van der Waals surface area (Å²) < 4.78 is 5.50. The first-order valence-corrected chi connectivity index (χ1v) is 9.44. The summed E-state index contributed by atoms with van der Waals surface area (Å²) in [5.41, 5.74) is 0.506. The molecule has 9 nitrogen and oxygen atoms in total. The van der Waals surface area contributed by atoms with Gasteiger partial charge >= 0.3 is 11.9 Å². The second-order valence-corrected chi connectivity index (χ2v) is 7.52. The number of hydrogen-bond donors (Lipinski definition) is 2. The van der Waals surface area contributed by atoms with Crippen LogP contribution in [-0.2, 0) is 14.3 Å². The molecule has 1 aromatic carbocycles. The van der Waals surface area contributed by atoms with Gasteiger partial charge in [0, 0.05) is 37.2 Å². The van der Waals surface area contributed by atoms with Crippen molar-refractivity contribution in [1.29, 1.82) is 0 Å². The Morgan fingerprint density at radius 2 is 1.70 bits per heavy atom. The lowest BCUT2D eigenvalue weighted by molar-refractivity contribution is -0.384. The predicted molar refractivity (Wildman–Crippen MR) is 109 cm³/mol. The van der Waals surface area contributed by atoms with Gasteiger partial charge in [0.15, 0.2) is 0 Å². The molecule has 1 heterocycles. The highest BCUT2D eigenvalue weighted by atomic mass is 16.6. The van der Waals surface area contributed by atoms with Crippen molar-refractivity contribution in [3.63, 3.8) is 0 Å². The van der Waals surface area contributed by atoms with E-state index in [9.17, 15) is 29.9 Å². The summed E-state index contributed by atoms with van der Waals surface area (Å²) in [7, 11) is 1.55. The van der Waals surface area contributed by atoms with E-state index in [2.05, 4.69) is 0 Å². The Morgan fingerprint density at radius 3 is 2.10 bits per heavy atom. The number of nitro benzene ring substituents is 1. The lowest BCUT2D eigenvalue weighted by Crippen LogP contribution is -2.40. The van der Waals surface area contributed by atoms with E-state index in [1.54, 1.807) is 25.9 Å². The summed E-state index contributed by atoms with van der Waals surface area (Å²) in [4.78, 5) is 36.7. The minimum absolute atomic E-state index is 0.117. The number of nitro groups is 1. The zero-order valence-electron chi connectivity index (χ0n) is 17.6. The fraction of sp³-hybridized carbons (Fsp3) is 0.429. The average Bonchev–Trinajstić information content (AvgIpc) is 2.66. The predicted octanol–water partition coefficient (Wildman–Crippen LogP) is 3.38. The van der Waals surface area contributed by atoms with Crippen LogP contribution in [0.5, 0.6) is 0 Å². The molecule has 9 heteroatoms. The number of carboxylic acid groups (broad SMARTS) is 2. The summed E-state index contributed by atoms with van der Waals surface area (Å²) >= 11 is 0. The lowest BCUT2D eigenvalue weighted by atomic mass is 9.79. The lowest BCUT2D eigenvalue weighted by Gasteiger charge is -2.39. The molecule has 162 valence electrons. The maximum Gasteiger partial charge on any atom is 0.334 e. The number of nitrogens with zero attached hydrogens (tertiary/aromatic N) is 2. The summed E-state index contributed by atoms with van der Waals surface area (Å²) in [6, 6.07) is 5.42. The van der Waals surface area contributed by atoms with E-state index in [-0.39, 0.29) is 41.0 Å². The Morgan fingerprint density at radius 1 is 1.17 bits per heavy atom. The minimum atomic E-state index is -1.28. The Bertz CT molecular complexity index is 895. The molecule has 0 amide bonds. The van der Waals surface area contributed by atoms with Crippen LogP contribution in [0.2, 0.25) is 0 Å².